The van der Waals surface area contributed by atoms with Gasteiger partial charge in [-0.3, -0.25) is 9.59 Å². The van der Waals surface area contributed by atoms with E-state index in [0.29, 0.717) is 25.8 Å². The molecule has 0 saturated carbocycles. The van der Waals surface area contributed by atoms with Crippen molar-refractivity contribution >= 4 is 22.6 Å². The second-order valence-electron chi connectivity index (χ2n) is 9.19. The van der Waals surface area contributed by atoms with Crippen molar-refractivity contribution in [3.8, 4) is 0 Å². The Kier molecular flexibility index (Phi) is 5.62. The van der Waals surface area contributed by atoms with Crippen molar-refractivity contribution in [1.82, 2.24) is 15.1 Å². The Morgan fingerprint density at radius 2 is 1.73 bits per heavy atom. The maximum atomic E-state index is 13.8. The second-order valence-corrected chi connectivity index (χ2v) is 9.19. The first kappa shape index (κ1) is 21.6. The molecule has 2 aliphatic rings. The number of hydrogen-bond donors (Lipinski definition) is 1. The zero-order valence-corrected chi connectivity index (χ0v) is 18.8. The zero-order valence-electron chi connectivity index (χ0n) is 18.8. The third-order valence-corrected chi connectivity index (χ3v) is 7.22. The predicted octanol–water partition coefficient (Wildman–Crippen LogP) is 4.03. The van der Waals surface area contributed by atoms with Crippen LogP contribution in [0, 0.1) is 5.82 Å². The molecular weight excluding hydrogens is 417 g/mol. The lowest BCUT2D eigenvalue weighted by molar-refractivity contribution is -0.169. The van der Waals surface area contributed by atoms with E-state index in [4.69, 9.17) is 0 Å². The standard InChI is InChI=1S/C27H28FN3O2/c1-30-15-13-27(14-16-30,31-24(17-25(31)32)20-9-11-22(28)12-10-20)26(33)29-18-21-7-4-6-19-5-2-3-8-23(19)21/h2-12,24H,13-18H2,1H3,(H,29,33). The van der Waals surface area contributed by atoms with Gasteiger partial charge in [0.2, 0.25) is 11.8 Å². The van der Waals surface area contributed by atoms with Crippen molar-refractivity contribution in [3.63, 3.8) is 0 Å². The SMILES string of the molecule is CN1CCC(C(=O)NCc2cccc3ccccc23)(N2C(=O)CC2c2ccc(F)cc2)CC1. The smallest absolute Gasteiger partial charge is 0.246 e. The van der Waals surface area contributed by atoms with Gasteiger partial charge < -0.3 is 15.1 Å². The highest BCUT2D eigenvalue weighted by atomic mass is 19.1. The number of rotatable bonds is 5. The molecule has 0 aliphatic carbocycles. The molecule has 2 amide bonds. The first-order valence-corrected chi connectivity index (χ1v) is 11.5. The quantitative estimate of drug-likeness (QED) is 0.604. The number of hydrogen-bond acceptors (Lipinski definition) is 3. The maximum Gasteiger partial charge on any atom is 0.246 e. The first-order chi connectivity index (χ1) is 16.0. The van der Waals surface area contributed by atoms with Crippen LogP contribution in [-0.4, -0.2) is 47.3 Å². The van der Waals surface area contributed by atoms with Crippen LogP contribution in [0.4, 0.5) is 4.39 Å². The molecule has 6 heteroatoms. The molecule has 0 spiro atoms. The molecule has 2 heterocycles. The summed E-state index contributed by atoms with van der Waals surface area (Å²) >= 11 is 0. The van der Waals surface area contributed by atoms with Crippen molar-refractivity contribution in [2.45, 2.75) is 37.4 Å². The normalized spacial score (nSPS) is 20.5. The number of fused-ring (bicyclic) bond motifs is 1. The van der Waals surface area contributed by atoms with E-state index in [-0.39, 0.29) is 23.7 Å². The van der Waals surface area contributed by atoms with Gasteiger partial charge in [-0.15, -0.1) is 0 Å². The van der Waals surface area contributed by atoms with Gasteiger partial charge >= 0.3 is 0 Å². The molecule has 0 aromatic heterocycles. The predicted molar refractivity (Wildman–Crippen MR) is 126 cm³/mol. The van der Waals surface area contributed by atoms with Crippen LogP contribution < -0.4 is 5.32 Å². The molecule has 170 valence electrons. The lowest BCUT2D eigenvalue weighted by Crippen LogP contribution is -2.68. The van der Waals surface area contributed by atoms with Crippen LogP contribution in [0.5, 0.6) is 0 Å². The summed E-state index contributed by atoms with van der Waals surface area (Å²) in [4.78, 5) is 30.6. The van der Waals surface area contributed by atoms with Crippen LogP contribution in [-0.2, 0) is 16.1 Å². The Morgan fingerprint density at radius 1 is 1.03 bits per heavy atom. The number of amides is 2. The second kappa shape index (κ2) is 8.60. The number of β-lactam (4-membered cyclic amide) rings is 1. The minimum atomic E-state index is -0.897. The van der Waals surface area contributed by atoms with Crippen LogP contribution >= 0.6 is 0 Å². The van der Waals surface area contributed by atoms with E-state index in [1.54, 1.807) is 17.0 Å². The molecule has 5 nitrogen and oxygen atoms in total. The number of nitrogens with zero attached hydrogens (tertiary/aromatic N) is 2. The van der Waals surface area contributed by atoms with E-state index in [1.165, 1.54) is 12.1 Å². The van der Waals surface area contributed by atoms with Crippen LogP contribution in [0.15, 0.2) is 66.7 Å². The van der Waals surface area contributed by atoms with Gasteiger partial charge in [0.25, 0.3) is 0 Å². The average molecular weight is 446 g/mol. The van der Waals surface area contributed by atoms with Gasteiger partial charge in [0, 0.05) is 19.6 Å². The zero-order chi connectivity index (χ0) is 23.0. The summed E-state index contributed by atoms with van der Waals surface area (Å²) in [5, 5.41) is 5.40. The Balaban J connectivity index is 1.42. The van der Waals surface area contributed by atoms with Gasteiger partial charge in [0.15, 0.2) is 0 Å². The van der Waals surface area contributed by atoms with Gasteiger partial charge in [0.05, 0.1) is 12.5 Å². The highest BCUT2D eigenvalue weighted by Crippen LogP contribution is 2.44. The Morgan fingerprint density at radius 3 is 2.45 bits per heavy atom. The third kappa shape index (κ3) is 3.89. The molecule has 1 atom stereocenters. The monoisotopic (exact) mass is 445 g/mol. The Labute approximate surface area is 193 Å². The fourth-order valence-corrected chi connectivity index (χ4v) is 5.26. The summed E-state index contributed by atoms with van der Waals surface area (Å²) in [5.41, 5.74) is 1.02. The molecule has 2 fully saturated rings. The van der Waals surface area contributed by atoms with Crippen molar-refractivity contribution < 1.29 is 14.0 Å². The number of piperidine rings is 1. The largest absolute Gasteiger partial charge is 0.350 e. The highest BCUT2D eigenvalue weighted by Gasteiger charge is 2.55. The van der Waals surface area contributed by atoms with E-state index in [9.17, 15) is 14.0 Å². The van der Waals surface area contributed by atoms with Gasteiger partial charge in [-0.05, 0) is 53.9 Å². The molecular formula is C27H28FN3O2. The fourth-order valence-electron chi connectivity index (χ4n) is 5.26. The molecule has 3 aromatic rings. The van der Waals surface area contributed by atoms with E-state index < -0.39 is 5.54 Å². The Hall–Kier alpha value is -3.25. The molecule has 1 N–H and O–H groups in total. The van der Waals surface area contributed by atoms with Crippen molar-refractivity contribution in [2.75, 3.05) is 20.1 Å². The molecule has 5 rings (SSSR count). The Bertz CT molecular complexity index is 1180. The maximum absolute atomic E-state index is 13.8. The molecule has 33 heavy (non-hydrogen) atoms. The van der Waals surface area contributed by atoms with E-state index in [2.05, 4.69) is 28.4 Å². The fraction of sp³-hybridized carbons (Fsp3) is 0.333. The van der Waals surface area contributed by atoms with Crippen LogP contribution in [0.3, 0.4) is 0 Å². The highest BCUT2D eigenvalue weighted by molar-refractivity contribution is 5.95. The lowest BCUT2D eigenvalue weighted by atomic mass is 9.78. The number of halogens is 1. The average Bonchev–Trinajstić information content (AvgIpc) is 2.83. The molecule has 0 bridgehead atoms. The summed E-state index contributed by atoms with van der Waals surface area (Å²) in [6.45, 7) is 1.88. The number of likely N-dealkylation sites (tertiary alicyclic amines) is 2. The van der Waals surface area contributed by atoms with E-state index >= 15 is 0 Å². The van der Waals surface area contributed by atoms with Crippen LogP contribution in [0.2, 0.25) is 0 Å². The van der Waals surface area contributed by atoms with Gasteiger partial charge in [-0.25, -0.2) is 4.39 Å². The number of benzene rings is 3. The van der Waals surface area contributed by atoms with Crippen molar-refractivity contribution in [2.24, 2.45) is 0 Å². The summed E-state index contributed by atoms with van der Waals surface area (Å²) in [6.07, 6.45) is 1.50. The number of carbonyl (C=O) groups excluding carboxylic acids is 2. The molecule has 3 aromatic carbocycles. The molecule has 2 aliphatic heterocycles. The molecule has 2 saturated heterocycles. The summed E-state index contributed by atoms with van der Waals surface area (Å²) in [7, 11) is 2.04. The van der Waals surface area contributed by atoms with Crippen LogP contribution in [0.1, 0.15) is 36.4 Å². The lowest BCUT2D eigenvalue weighted by Gasteiger charge is -2.55. The number of carbonyl (C=O) groups is 2. The molecule has 1 unspecified atom stereocenters. The van der Waals surface area contributed by atoms with Crippen LogP contribution in [0.25, 0.3) is 10.8 Å². The van der Waals surface area contributed by atoms with Crippen molar-refractivity contribution in [3.05, 3.63) is 83.7 Å². The minimum Gasteiger partial charge on any atom is -0.350 e. The molecule has 0 radical (unpaired) electrons. The van der Waals surface area contributed by atoms with E-state index in [0.717, 1.165) is 35.0 Å². The number of nitrogens with one attached hydrogen (secondary N) is 1. The van der Waals surface area contributed by atoms with Gasteiger partial charge in [0.1, 0.15) is 11.4 Å². The summed E-state index contributed by atoms with van der Waals surface area (Å²) < 4.78 is 13.5. The summed E-state index contributed by atoms with van der Waals surface area (Å²) in [6, 6.07) is 20.3. The summed E-state index contributed by atoms with van der Waals surface area (Å²) in [5.74, 6) is -0.435. The van der Waals surface area contributed by atoms with E-state index in [1.807, 2.05) is 31.3 Å². The third-order valence-electron chi connectivity index (χ3n) is 7.22. The van der Waals surface area contributed by atoms with Gasteiger partial charge in [-0.2, -0.15) is 0 Å². The minimum absolute atomic E-state index is 0.0193. The first-order valence-electron chi connectivity index (χ1n) is 11.5. The topological polar surface area (TPSA) is 52.7 Å². The van der Waals surface area contributed by atoms with Crippen molar-refractivity contribution in [1.29, 1.82) is 0 Å². The van der Waals surface area contributed by atoms with Gasteiger partial charge in [-0.1, -0.05) is 54.6 Å².